The maximum atomic E-state index is 6.08. The van der Waals surface area contributed by atoms with Crippen LogP contribution < -0.4 is 5.73 Å². The number of guanidine groups is 1. The number of hydrogen-bond acceptors (Lipinski definition) is 2. The average molecular weight is 266 g/mol. The minimum Gasteiger partial charge on any atom is -0.370 e. The fourth-order valence-corrected chi connectivity index (χ4v) is 2.87. The zero-order valence-corrected chi connectivity index (χ0v) is 13.0. The molecule has 110 valence electrons. The zero-order chi connectivity index (χ0) is 14.0. The molecule has 1 unspecified atom stereocenters. The van der Waals surface area contributed by atoms with Gasteiger partial charge in [0.2, 0.25) is 0 Å². The standard InChI is InChI=1S/C15H30N4/c1-12-6-5-9-19(10-12)15(2,3)11-17-14(16)18(4)13-7-8-13/h12-13H,5-11H2,1-4H3,(H2,16,17). The highest BCUT2D eigenvalue weighted by Gasteiger charge is 2.31. The second-order valence-corrected chi connectivity index (χ2v) is 7.02. The molecule has 1 saturated heterocycles. The number of aliphatic imine (C=N–C) groups is 1. The molecular weight excluding hydrogens is 236 g/mol. The molecule has 0 amide bonds. The third-order valence-corrected chi connectivity index (χ3v) is 4.60. The largest absolute Gasteiger partial charge is 0.370 e. The van der Waals surface area contributed by atoms with Gasteiger partial charge in [0.05, 0.1) is 6.54 Å². The molecule has 2 rings (SSSR count). The van der Waals surface area contributed by atoms with Crippen molar-refractivity contribution >= 4 is 5.96 Å². The first kappa shape index (κ1) is 14.6. The van der Waals surface area contributed by atoms with Crippen molar-refractivity contribution in [3.05, 3.63) is 0 Å². The smallest absolute Gasteiger partial charge is 0.191 e. The molecule has 2 fully saturated rings. The van der Waals surface area contributed by atoms with E-state index in [0.29, 0.717) is 12.0 Å². The summed E-state index contributed by atoms with van der Waals surface area (Å²) in [4.78, 5) is 9.35. The van der Waals surface area contributed by atoms with Gasteiger partial charge in [-0.3, -0.25) is 9.89 Å². The molecule has 1 heterocycles. The van der Waals surface area contributed by atoms with E-state index >= 15 is 0 Å². The maximum absolute atomic E-state index is 6.08. The Morgan fingerprint density at radius 3 is 2.63 bits per heavy atom. The van der Waals surface area contributed by atoms with Crippen molar-refractivity contribution in [2.75, 3.05) is 26.7 Å². The van der Waals surface area contributed by atoms with Crippen LogP contribution in [0.2, 0.25) is 0 Å². The summed E-state index contributed by atoms with van der Waals surface area (Å²) in [6, 6.07) is 0.641. The molecule has 0 aromatic heterocycles. The lowest BCUT2D eigenvalue weighted by Gasteiger charge is -2.42. The number of nitrogens with zero attached hydrogens (tertiary/aromatic N) is 3. The highest BCUT2D eigenvalue weighted by atomic mass is 15.3. The predicted octanol–water partition coefficient (Wildman–Crippen LogP) is 1.91. The van der Waals surface area contributed by atoms with Crippen LogP contribution in [-0.4, -0.2) is 54.0 Å². The van der Waals surface area contributed by atoms with Gasteiger partial charge in [-0.1, -0.05) is 6.92 Å². The molecule has 0 aromatic rings. The summed E-state index contributed by atoms with van der Waals surface area (Å²) in [5.41, 5.74) is 6.19. The third kappa shape index (κ3) is 3.85. The van der Waals surface area contributed by atoms with Crippen LogP contribution in [0.25, 0.3) is 0 Å². The number of likely N-dealkylation sites (tertiary alicyclic amines) is 1. The summed E-state index contributed by atoms with van der Waals surface area (Å²) < 4.78 is 0. The van der Waals surface area contributed by atoms with Crippen LogP contribution in [0.3, 0.4) is 0 Å². The third-order valence-electron chi connectivity index (χ3n) is 4.60. The van der Waals surface area contributed by atoms with E-state index in [-0.39, 0.29) is 5.54 Å². The molecule has 1 atom stereocenters. The Kier molecular flexibility index (Phi) is 4.39. The minimum atomic E-state index is 0.115. The lowest BCUT2D eigenvalue weighted by atomic mass is 9.94. The fraction of sp³-hybridized carbons (Fsp3) is 0.933. The van der Waals surface area contributed by atoms with Crippen molar-refractivity contribution < 1.29 is 0 Å². The Balaban J connectivity index is 1.90. The van der Waals surface area contributed by atoms with Crippen molar-refractivity contribution in [1.29, 1.82) is 0 Å². The van der Waals surface area contributed by atoms with Crippen LogP contribution >= 0.6 is 0 Å². The Morgan fingerprint density at radius 2 is 2.05 bits per heavy atom. The summed E-state index contributed by atoms with van der Waals surface area (Å²) in [6.07, 6.45) is 5.20. The summed E-state index contributed by atoms with van der Waals surface area (Å²) >= 11 is 0. The van der Waals surface area contributed by atoms with Gasteiger partial charge in [0.1, 0.15) is 0 Å². The molecule has 4 heteroatoms. The first-order valence-electron chi connectivity index (χ1n) is 7.68. The summed E-state index contributed by atoms with van der Waals surface area (Å²) in [5.74, 6) is 1.52. The summed E-state index contributed by atoms with van der Waals surface area (Å²) in [6.45, 7) is 10.1. The number of piperidine rings is 1. The highest BCUT2D eigenvalue weighted by Crippen LogP contribution is 2.26. The number of rotatable bonds is 4. The fourth-order valence-electron chi connectivity index (χ4n) is 2.87. The molecule has 0 aromatic carbocycles. The van der Waals surface area contributed by atoms with Crippen molar-refractivity contribution in [3.63, 3.8) is 0 Å². The van der Waals surface area contributed by atoms with Crippen molar-refractivity contribution in [3.8, 4) is 0 Å². The zero-order valence-electron chi connectivity index (χ0n) is 13.0. The van der Waals surface area contributed by atoms with Crippen molar-refractivity contribution in [2.24, 2.45) is 16.6 Å². The van der Waals surface area contributed by atoms with Gasteiger partial charge in [0.15, 0.2) is 5.96 Å². The monoisotopic (exact) mass is 266 g/mol. The van der Waals surface area contributed by atoms with Gasteiger partial charge in [0, 0.05) is 25.2 Å². The lowest BCUT2D eigenvalue weighted by Crippen LogP contribution is -2.51. The summed E-state index contributed by atoms with van der Waals surface area (Å²) in [5, 5.41) is 0. The van der Waals surface area contributed by atoms with Gasteiger partial charge < -0.3 is 10.6 Å². The van der Waals surface area contributed by atoms with E-state index in [1.165, 1.54) is 38.8 Å². The Labute approximate surface area is 118 Å². The highest BCUT2D eigenvalue weighted by molar-refractivity contribution is 5.78. The van der Waals surface area contributed by atoms with Gasteiger partial charge in [0.25, 0.3) is 0 Å². The second kappa shape index (κ2) is 5.70. The lowest BCUT2D eigenvalue weighted by molar-refractivity contribution is 0.0773. The predicted molar refractivity (Wildman–Crippen MR) is 81.3 cm³/mol. The van der Waals surface area contributed by atoms with Gasteiger partial charge in [-0.2, -0.15) is 0 Å². The van der Waals surface area contributed by atoms with Crippen LogP contribution in [0.15, 0.2) is 4.99 Å². The van der Waals surface area contributed by atoms with Crippen LogP contribution in [0.4, 0.5) is 0 Å². The molecule has 1 aliphatic heterocycles. The average Bonchev–Trinajstić information content (AvgIpc) is 3.19. The molecule has 2 aliphatic rings. The van der Waals surface area contributed by atoms with E-state index in [9.17, 15) is 0 Å². The van der Waals surface area contributed by atoms with Crippen molar-refractivity contribution in [1.82, 2.24) is 9.80 Å². The van der Waals surface area contributed by atoms with E-state index in [1.54, 1.807) is 0 Å². The molecule has 0 bridgehead atoms. The van der Waals surface area contributed by atoms with E-state index in [0.717, 1.165) is 12.5 Å². The van der Waals surface area contributed by atoms with Crippen LogP contribution in [0, 0.1) is 5.92 Å². The second-order valence-electron chi connectivity index (χ2n) is 7.02. The van der Waals surface area contributed by atoms with Crippen LogP contribution in [-0.2, 0) is 0 Å². The van der Waals surface area contributed by atoms with Gasteiger partial charge in [-0.15, -0.1) is 0 Å². The molecule has 2 N–H and O–H groups in total. The quantitative estimate of drug-likeness (QED) is 0.624. The SMILES string of the molecule is CC1CCCN(C(C)(C)CN=C(N)N(C)C2CC2)C1. The Hall–Kier alpha value is -0.770. The molecular formula is C15H30N4. The van der Waals surface area contributed by atoms with Gasteiger partial charge >= 0.3 is 0 Å². The molecule has 0 spiro atoms. The molecule has 0 radical (unpaired) electrons. The Bertz CT molecular complexity index is 333. The van der Waals surface area contributed by atoms with E-state index in [4.69, 9.17) is 5.73 Å². The molecule has 4 nitrogen and oxygen atoms in total. The molecule has 19 heavy (non-hydrogen) atoms. The van der Waals surface area contributed by atoms with E-state index in [2.05, 4.69) is 42.6 Å². The number of hydrogen-bond donors (Lipinski definition) is 1. The van der Waals surface area contributed by atoms with E-state index < -0.39 is 0 Å². The maximum Gasteiger partial charge on any atom is 0.191 e. The van der Waals surface area contributed by atoms with Gasteiger partial charge in [-0.05, 0) is 52.0 Å². The van der Waals surface area contributed by atoms with Crippen LogP contribution in [0.1, 0.15) is 46.5 Å². The summed E-state index contributed by atoms with van der Waals surface area (Å²) in [7, 11) is 2.06. The van der Waals surface area contributed by atoms with Crippen molar-refractivity contribution in [2.45, 2.75) is 58.0 Å². The topological polar surface area (TPSA) is 44.9 Å². The van der Waals surface area contributed by atoms with Gasteiger partial charge in [-0.25, -0.2) is 0 Å². The number of nitrogens with two attached hydrogens (primary N) is 1. The first-order chi connectivity index (χ1) is 8.90. The first-order valence-corrected chi connectivity index (χ1v) is 7.68. The van der Waals surface area contributed by atoms with E-state index in [1.807, 2.05) is 0 Å². The Morgan fingerprint density at radius 1 is 1.37 bits per heavy atom. The molecule has 1 aliphatic carbocycles. The van der Waals surface area contributed by atoms with Crippen LogP contribution in [0.5, 0.6) is 0 Å². The minimum absolute atomic E-state index is 0.115. The normalized spacial score (nSPS) is 26.5. The molecule has 1 saturated carbocycles.